The average molecular weight is 264 g/mol. The largest absolute Gasteiger partial charge is 0.435 e. The number of esters is 1. The van der Waals surface area contributed by atoms with E-state index in [4.69, 9.17) is 4.74 Å². The maximum atomic E-state index is 12.4. The number of aliphatic hydroxyl groups is 1. The smallest absolute Gasteiger partial charge is 0.315 e. The maximum absolute atomic E-state index is 12.4. The molecule has 4 nitrogen and oxygen atoms in total. The lowest BCUT2D eigenvalue weighted by atomic mass is 9.48. The molecule has 4 atom stereocenters. The van der Waals surface area contributed by atoms with E-state index in [1.54, 1.807) is 0 Å². The Hall–Kier alpha value is -1.16. The van der Waals surface area contributed by atoms with Gasteiger partial charge in [0.2, 0.25) is 6.29 Å². The summed E-state index contributed by atoms with van der Waals surface area (Å²) in [4.78, 5) is 23.6. The van der Waals surface area contributed by atoms with Crippen LogP contribution in [-0.4, -0.2) is 23.7 Å². The predicted octanol–water partition coefficient (Wildman–Crippen LogP) is 1.82. The number of aliphatic hydroxyl groups excluding tert-OH is 1. The highest BCUT2D eigenvalue weighted by atomic mass is 16.6. The molecule has 1 saturated heterocycles. The van der Waals surface area contributed by atoms with Crippen molar-refractivity contribution in [1.82, 2.24) is 0 Å². The van der Waals surface area contributed by atoms with Gasteiger partial charge in [-0.25, -0.2) is 0 Å². The molecule has 0 bridgehead atoms. The Bertz CT molecular complexity index is 465. The zero-order chi connectivity index (χ0) is 13.8. The van der Waals surface area contributed by atoms with Crippen LogP contribution in [0.25, 0.3) is 0 Å². The number of carbonyl (C=O) groups excluding carboxylic acids is 2. The number of carbonyl (C=O) groups is 2. The van der Waals surface area contributed by atoms with Gasteiger partial charge in [-0.2, -0.15) is 0 Å². The van der Waals surface area contributed by atoms with Crippen molar-refractivity contribution in [3.63, 3.8) is 0 Å². The second-order valence-corrected chi connectivity index (χ2v) is 6.77. The minimum absolute atomic E-state index is 0.0322. The van der Waals surface area contributed by atoms with Crippen molar-refractivity contribution in [2.24, 2.45) is 22.7 Å². The van der Waals surface area contributed by atoms with Gasteiger partial charge in [-0.15, -0.1) is 0 Å². The van der Waals surface area contributed by atoms with Crippen molar-refractivity contribution in [3.8, 4) is 0 Å². The Balaban J connectivity index is 2.16. The van der Waals surface area contributed by atoms with E-state index >= 15 is 0 Å². The monoisotopic (exact) mass is 264 g/mol. The molecule has 1 aliphatic heterocycles. The molecule has 0 amide bonds. The molecule has 4 heteroatoms. The van der Waals surface area contributed by atoms with Crippen LogP contribution in [0.5, 0.6) is 0 Å². The van der Waals surface area contributed by atoms with Crippen LogP contribution in [0.4, 0.5) is 0 Å². The van der Waals surface area contributed by atoms with Gasteiger partial charge in [-0.05, 0) is 36.2 Å². The van der Waals surface area contributed by atoms with E-state index in [0.29, 0.717) is 12.0 Å². The third-order valence-corrected chi connectivity index (χ3v) is 5.51. The van der Waals surface area contributed by atoms with Crippen molar-refractivity contribution in [2.75, 3.05) is 0 Å². The topological polar surface area (TPSA) is 63.6 Å². The third kappa shape index (κ3) is 1.49. The van der Waals surface area contributed by atoms with Gasteiger partial charge in [0.1, 0.15) is 6.29 Å². The van der Waals surface area contributed by atoms with Crippen molar-refractivity contribution >= 4 is 12.3 Å². The molecule has 0 aromatic rings. The molecular weight excluding hydrogens is 244 g/mol. The van der Waals surface area contributed by atoms with Gasteiger partial charge in [0.15, 0.2) is 0 Å². The standard InChI is InChI=1S/C15H20O4/c1-14(2)6-3-7-15-10(14)5-4-9(8-16)11(15)12(17)19-13(15)18/h4,8,10-12,17H,3,5-7H2,1-2H3. The summed E-state index contributed by atoms with van der Waals surface area (Å²) in [6.07, 6.45) is 4.94. The first-order valence-corrected chi connectivity index (χ1v) is 6.98. The number of rotatable bonds is 1. The number of ether oxygens (including phenoxy) is 1. The fourth-order valence-corrected chi connectivity index (χ4v) is 4.66. The van der Waals surface area contributed by atoms with Crippen LogP contribution in [0.1, 0.15) is 39.5 Å². The highest BCUT2D eigenvalue weighted by molar-refractivity contribution is 5.86. The van der Waals surface area contributed by atoms with Gasteiger partial charge < -0.3 is 9.84 Å². The van der Waals surface area contributed by atoms with E-state index in [9.17, 15) is 14.7 Å². The lowest BCUT2D eigenvalue weighted by molar-refractivity contribution is -0.163. The minimum Gasteiger partial charge on any atom is -0.435 e. The van der Waals surface area contributed by atoms with Crippen LogP contribution >= 0.6 is 0 Å². The highest BCUT2D eigenvalue weighted by Crippen LogP contribution is 2.63. The Kier molecular flexibility index (Phi) is 2.65. The van der Waals surface area contributed by atoms with Gasteiger partial charge in [-0.1, -0.05) is 26.3 Å². The minimum atomic E-state index is -1.17. The van der Waals surface area contributed by atoms with E-state index in [1.807, 2.05) is 6.08 Å². The quantitative estimate of drug-likeness (QED) is 0.579. The molecule has 3 rings (SSSR count). The molecule has 19 heavy (non-hydrogen) atoms. The first kappa shape index (κ1) is 12.9. The van der Waals surface area contributed by atoms with E-state index in [1.165, 1.54) is 0 Å². The van der Waals surface area contributed by atoms with E-state index in [0.717, 1.165) is 25.5 Å². The molecule has 1 N–H and O–H groups in total. The van der Waals surface area contributed by atoms with E-state index in [2.05, 4.69) is 13.8 Å². The second kappa shape index (κ2) is 3.92. The summed E-state index contributed by atoms with van der Waals surface area (Å²) < 4.78 is 5.11. The van der Waals surface area contributed by atoms with Crippen LogP contribution in [0, 0.1) is 22.7 Å². The highest BCUT2D eigenvalue weighted by Gasteiger charge is 2.66. The zero-order valence-electron chi connectivity index (χ0n) is 11.4. The van der Waals surface area contributed by atoms with Crippen LogP contribution < -0.4 is 0 Å². The molecule has 2 fully saturated rings. The van der Waals surface area contributed by atoms with Crippen LogP contribution in [0.3, 0.4) is 0 Å². The molecule has 0 radical (unpaired) electrons. The van der Waals surface area contributed by atoms with Gasteiger partial charge in [0, 0.05) is 0 Å². The molecule has 0 aromatic heterocycles. The molecule has 3 aliphatic rings. The molecule has 4 unspecified atom stereocenters. The summed E-state index contributed by atoms with van der Waals surface area (Å²) in [7, 11) is 0. The van der Waals surface area contributed by atoms with Crippen molar-refractivity contribution in [2.45, 2.75) is 45.8 Å². The van der Waals surface area contributed by atoms with Crippen LogP contribution in [0.2, 0.25) is 0 Å². The van der Waals surface area contributed by atoms with Crippen molar-refractivity contribution in [3.05, 3.63) is 11.6 Å². The first-order valence-electron chi connectivity index (χ1n) is 6.98. The third-order valence-electron chi connectivity index (χ3n) is 5.51. The molecule has 1 spiro atoms. The number of cyclic esters (lactones) is 1. The molecule has 1 saturated carbocycles. The zero-order valence-corrected chi connectivity index (χ0v) is 11.4. The number of aldehydes is 1. The Morgan fingerprint density at radius 2 is 2.16 bits per heavy atom. The van der Waals surface area contributed by atoms with Gasteiger partial charge in [0.05, 0.1) is 11.3 Å². The van der Waals surface area contributed by atoms with Crippen LogP contribution in [0.15, 0.2) is 11.6 Å². The summed E-state index contributed by atoms with van der Waals surface area (Å²) >= 11 is 0. The Morgan fingerprint density at radius 3 is 2.84 bits per heavy atom. The summed E-state index contributed by atoms with van der Waals surface area (Å²) in [6.45, 7) is 4.35. The summed E-state index contributed by atoms with van der Waals surface area (Å²) in [5.41, 5.74) is -0.122. The Morgan fingerprint density at radius 1 is 1.42 bits per heavy atom. The molecule has 0 aromatic carbocycles. The van der Waals surface area contributed by atoms with Gasteiger partial charge in [-0.3, -0.25) is 9.59 Å². The summed E-state index contributed by atoms with van der Waals surface area (Å²) in [6, 6.07) is 0. The number of allylic oxidation sites excluding steroid dienone is 1. The van der Waals surface area contributed by atoms with Crippen molar-refractivity contribution < 1.29 is 19.4 Å². The van der Waals surface area contributed by atoms with E-state index in [-0.39, 0.29) is 17.3 Å². The molecule has 1 heterocycles. The molecular formula is C15H20O4. The lowest BCUT2D eigenvalue weighted by Crippen LogP contribution is -2.52. The molecule has 104 valence electrons. The predicted molar refractivity (Wildman–Crippen MR) is 67.9 cm³/mol. The van der Waals surface area contributed by atoms with Gasteiger partial charge >= 0.3 is 5.97 Å². The summed E-state index contributed by atoms with van der Waals surface area (Å²) in [5.74, 6) is -0.641. The second-order valence-electron chi connectivity index (χ2n) is 6.77. The summed E-state index contributed by atoms with van der Waals surface area (Å²) in [5, 5.41) is 10.1. The Labute approximate surface area is 112 Å². The lowest BCUT2D eigenvalue weighted by Gasteiger charge is -2.52. The maximum Gasteiger partial charge on any atom is 0.315 e. The van der Waals surface area contributed by atoms with Gasteiger partial charge in [0.25, 0.3) is 0 Å². The SMILES string of the molecule is CC1(C)CCCC23C(=O)OC(O)C2C(C=O)=CCC13. The number of hydrogen-bond acceptors (Lipinski definition) is 4. The normalized spacial score (nSPS) is 43.8. The first-order chi connectivity index (χ1) is 8.93. The number of hydrogen-bond donors (Lipinski definition) is 1. The average Bonchev–Trinajstić information content (AvgIpc) is 2.60. The molecule has 2 aliphatic carbocycles. The fourth-order valence-electron chi connectivity index (χ4n) is 4.66. The van der Waals surface area contributed by atoms with E-state index < -0.39 is 17.6 Å². The van der Waals surface area contributed by atoms with Crippen molar-refractivity contribution in [1.29, 1.82) is 0 Å². The van der Waals surface area contributed by atoms with Crippen LogP contribution in [-0.2, 0) is 14.3 Å². The fraction of sp³-hybridized carbons (Fsp3) is 0.733.